The first-order valence-corrected chi connectivity index (χ1v) is 8.10. The van der Waals surface area contributed by atoms with Crippen molar-refractivity contribution >= 4 is 6.03 Å². The van der Waals surface area contributed by atoms with Gasteiger partial charge in [0, 0.05) is 39.3 Å². The molecule has 0 aromatic heterocycles. The van der Waals surface area contributed by atoms with Gasteiger partial charge >= 0.3 is 6.03 Å². The van der Waals surface area contributed by atoms with E-state index in [0.717, 1.165) is 45.7 Å². The van der Waals surface area contributed by atoms with Crippen LogP contribution < -0.4 is 0 Å². The number of carbonyl (C=O) groups excluding carboxylic acids is 1. The van der Waals surface area contributed by atoms with E-state index in [9.17, 15) is 4.79 Å². The summed E-state index contributed by atoms with van der Waals surface area (Å²) in [6.07, 6.45) is 1.14. The van der Waals surface area contributed by atoms with Gasteiger partial charge in [-0.3, -0.25) is 4.90 Å². The van der Waals surface area contributed by atoms with Crippen LogP contribution in [0, 0.1) is 0 Å². The first kappa shape index (κ1) is 14.4. The largest absolute Gasteiger partial charge is 0.325 e. The zero-order valence-electron chi connectivity index (χ0n) is 13.1. The Labute approximate surface area is 127 Å². The Balaban J connectivity index is 1.79. The van der Waals surface area contributed by atoms with Gasteiger partial charge in [0.05, 0.1) is 6.04 Å². The van der Waals surface area contributed by atoms with Crippen molar-refractivity contribution in [3.05, 3.63) is 35.4 Å². The van der Waals surface area contributed by atoms with E-state index in [0.29, 0.717) is 6.04 Å². The topological polar surface area (TPSA) is 26.8 Å². The summed E-state index contributed by atoms with van der Waals surface area (Å²) >= 11 is 0. The second-order valence-electron chi connectivity index (χ2n) is 5.90. The van der Waals surface area contributed by atoms with Crippen molar-refractivity contribution in [1.82, 2.24) is 14.7 Å². The molecule has 2 heterocycles. The smallest absolute Gasteiger partial charge is 0.320 e. The molecule has 0 aliphatic carbocycles. The van der Waals surface area contributed by atoms with Gasteiger partial charge in [-0.2, -0.15) is 0 Å². The SMILES string of the molecule is CCN(CC)C(=O)N1CCN2CCc3ccccc3C2C1. The van der Waals surface area contributed by atoms with E-state index in [4.69, 9.17) is 0 Å². The van der Waals surface area contributed by atoms with Gasteiger partial charge in [-0.05, 0) is 31.4 Å². The molecule has 1 saturated heterocycles. The average Bonchev–Trinajstić information content (AvgIpc) is 2.55. The number of piperazine rings is 1. The molecule has 4 nitrogen and oxygen atoms in total. The van der Waals surface area contributed by atoms with Crippen LogP contribution in [0.2, 0.25) is 0 Å². The zero-order valence-corrected chi connectivity index (χ0v) is 13.1. The number of urea groups is 1. The summed E-state index contributed by atoms with van der Waals surface area (Å²) in [4.78, 5) is 19.1. The summed E-state index contributed by atoms with van der Waals surface area (Å²) in [5.74, 6) is 0. The molecule has 0 radical (unpaired) electrons. The van der Waals surface area contributed by atoms with Gasteiger partial charge in [0.25, 0.3) is 0 Å². The zero-order chi connectivity index (χ0) is 14.8. The molecule has 1 aromatic rings. The van der Waals surface area contributed by atoms with Gasteiger partial charge < -0.3 is 9.80 Å². The summed E-state index contributed by atoms with van der Waals surface area (Å²) in [6, 6.07) is 9.28. The van der Waals surface area contributed by atoms with Crippen LogP contribution >= 0.6 is 0 Å². The molecule has 0 N–H and O–H groups in total. The number of fused-ring (bicyclic) bond motifs is 3. The van der Waals surface area contributed by atoms with E-state index in [1.165, 1.54) is 11.1 Å². The van der Waals surface area contributed by atoms with Gasteiger partial charge in [-0.1, -0.05) is 24.3 Å². The monoisotopic (exact) mass is 287 g/mol. The van der Waals surface area contributed by atoms with Crippen LogP contribution in [0.5, 0.6) is 0 Å². The summed E-state index contributed by atoms with van der Waals surface area (Å²) < 4.78 is 0. The molecule has 0 saturated carbocycles. The Morgan fingerprint density at radius 2 is 1.95 bits per heavy atom. The highest BCUT2D eigenvalue weighted by molar-refractivity contribution is 5.74. The van der Waals surface area contributed by atoms with Crippen LogP contribution in [-0.4, -0.2) is 60.0 Å². The maximum atomic E-state index is 12.6. The molecule has 2 aliphatic heterocycles. The number of hydrogen-bond donors (Lipinski definition) is 0. The van der Waals surface area contributed by atoms with Crippen LogP contribution in [0.4, 0.5) is 4.79 Å². The van der Waals surface area contributed by atoms with E-state index in [2.05, 4.69) is 29.2 Å². The molecule has 2 aliphatic rings. The first-order chi connectivity index (χ1) is 10.2. The fourth-order valence-corrected chi connectivity index (χ4v) is 3.60. The quantitative estimate of drug-likeness (QED) is 0.835. The molecule has 0 bridgehead atoms. The van der Waals surface area contributed by atoms with Crippen LogP contribution in [0.1, 0.15) is 31.0 Å². The summed E-state index contributed by atoms with van der Waals surface area (Å²) in [5.41, 5.74) is 2.87. The lowest BCUT2D eigenvalue weighted by Gasteiger charge is -2.45. The second kappa shape index (κ2) is 6.06. The molecule has 4 heteroatoms. The van der Waals surface area contributed by atoms with Crippen LogP contribution in [0.15, 0.2) is 24.3 Å². The molecule has 2 amide bonds. The predicted octanol–water partition coefficient (Wildman–Crippen LogP) is 2.36. The molecule has 1 fully saturated rings. The molecular formula is C17H25N3O. The standard InChI is InChI=1S/C17H25N3O/c1-3-18(4-2)17(21)20-12-11-19-10-9-14-7-5-6-8-15(14)16(19)13-20/h5-8,16H,3-4,9-13H2,1-2H3. The van der Waals surface area contributed by atoms with Gasteiger partial charge in [0.2, 0.25) is 0 Å². The number of amides is 2. The lowest BCUT2D eigenvalue weighted by molar-refractivity contribution is 0.0698. The predicted molar refractivity (Wildman–Crippen MR) is 84.4 cm³/mol. The summed E-state index contributed by atoms with van der Waals surface area (Å²) in [5, 5.41) is 0. The van der Waals surface area contributed by atoms with Gasteiger partial charge in [0.15, 0.2) is 0 Å². The van der Waals surface area contributed by atoms with Crippen molar-refractivity contribution in [2.75, 3.05) is 39.3 Å². The maximum Gasteiger partial charge on any atom is 0.320 e. The molecule has 3 rings (SSSR count). The fourth-order valence-electron chi connectivity index (χ4n) is 3.60. The molecule has 1 unspecified atom stereocenters. The minimum absolute atomic E-state index is 0.197. The van der Waals surface area contributed by atoms with E-state index in [1.807, 2.05) is 23.6 Å². The number of rotatable bonds is 2. The van der Waals surface area contributed by atoms with Gasteiger partial charge in [0.1, 0.15) is 0 Å². The molecule has 114 valence electrons. The highest BCUT2D eigenvalue weighted by Gasteiger charge is 2.34. The third-order valence-electron chi connectivity index (χ3n) is 4.88. The summed E-state index contributed by atoms with van der Waals surface area (Å²) in [7, 11) is 0. The van der Waals surface area contributed by atoms with Crippen molar-refractivity contribution in [2.45, 2.75) is 26.3 Å². The molecular weight excluding hydrogens is 262 g/mol. The van der Waals surface area contributed by atoms with Crippen LogP contribution in [-0.2, 0) is 6.42 Å². The van der Waals surface area contributed by atoms with E-state index < -0.39 is 0 Å². The Kier molecular flexibility index (Phi) is 4.15. The van der Waals surface area contributed by atoms with E-state index in [1.54, 1.807) is 0 Å². The Bertz CT molecular complexity index is 513. The van der Waals surface area contributed by atoms with Crippen molar-refractivity contribution in [3.63, 3.8) is 0 Å². The minimum atomic E-state index is 0.197. The first-order valence-electron chi connectivity index (χ1n) is 8.10. The number of nitrogens with zero attached hydrogens (tertiary/aromatic N) is 3. The number of carbonyl (C=O) groups is 1. The Hall–Kier alpha value is -1.55. The van der Waals surface area contributed by atoms with Crippen molar-refractivity contribution < 1.29 is 4.79 Å². The highest BCUT2D eigenvalue weighted by atomic mass is 16.2. The molecule has 0 spiro atoms. The number of hydrogen-bond acceptors (Lipinski definition) is 2. The fraction of sp³-hybridized carbons (Fsp3) is 0.588. The third-order valence-corrected chi connectivity index (χ3v) is 4.88. The van der Waals surface area contributed by atoms with Crippen LogP contribution in [0.3, 0.4) is 0 Å². The third kappa shape index (κ3) is 2.64. The maximum absolute atomic E-state index is 12.6. The highest BCUT2D eigenvalue weighted by Crippen LogP contribution is 2.32. The second-order valence-corrected chi connectivity index (χ2v) is 5.90. The van der Waals surface area contributed by atoms with E-state index in [-0.39, 0.29) is 6.03 Å². The minimum Gasteiger partial charge on any atom is -0.325 e. The summed E-state index contributed by atoms with van der Waals surface area (Å²) in [6.45, 7) is 9.47. The molecule has 21 heavy (non-hydrogen) atoms. The van der Waals surface area contributed by atoms with Gasteiger partial charge in [-0.15, -0.1) is 0 Å². The van der Waals surface area contributed by atoms with Crippen LogP contribution in [0.25, 0.3) is 0 Å². The lowest BCUT2D eigenvalue weighted by atomic mass is 9.91. The van der Waals surface area contributed by atoms with Crippen molar-refractivity contribution in [1.29, 1.82) is 0 Å². The van der Waals surface area contributed by atoms with Gasteiger partial charge in [-0.25, -0.2) is 4.79 Å². The molecule has 1 aromatic carbocycles. The van der Waals surface area contributed by atoms with Crippen molar-refractivity contribution in [2.24, 2.45) is 0 Å². The van der Waals surface area contributed by atoms with E-state index >= 15 is 0 Å². The van der Waals surface area contributed by atoms with Crippen molar-refractivity contribution in [3.8, 4) is 0 Å². The number of benzene rings is 1. The normalized spacial score (nSPS) is 21.6. The Morgan fingerprint density at radius 1 is 1.19 bits per heavy atom. The molecule has 1 atom stereocenters. The lowest BCUT2D eigenvalue weighted by Crippen LogP contribution is -2.55. The average molecular weight is 287 g/mol. The Morgan fingerprint density at radius 3 is 2.71 bits per heavy atom.